The Bertz CT molecular complexity index is 286. The maximum Gasteiger partial charge on any atom is 0.122 e. The summed E-state index contributed by atoms with van der Waals surface area (Å²) in [5.41, 5.74) is 1.31. The molecule has 1 aromatic carbocycles. The number of hydrogen-bond acceptors (Lipinski definition) is 2. The standard InChI is InChI=1S/C13H20OS/c1-3-11(2)10-12-6-4-5-7-13(12)14-8-9-15/h4-7,11,15H,3,8-10H2,1-2H3. The minimum atomic E-state index is 0.681. The summed E-state index contributed by atoms with van der Waals surface area (Å²) < 4.78 is 5.66. The SMILES string of the molecule is CCC(C)Cc1ccccc1OCCS. The third-order valence-corrected chi connectivity index (χ3v) is 2.77. The van der Waals surface area contributed by atoms with Crippen LogP contribution in [0.5, 0.6) is 5.75 Å². The molecule has 1 nitrogen and oxygen atoms in total. The lowest BCUT2D eigenvalue weighted by molar-refractivity contribution is 0.338. The molecule has 0 aliphatic heterocycles. The van der Waals surface area contributed by atoms with Gasteiger partial charge in [-0.15, -0.1) is 0 Å². The predicted octanol–water partition coefficient (Wildman–Crippen LogP) is 3.58. The largest absolute Gasteiger partial charge is 0.492 e. The minimum Gasteiger partial charge on any atom is -0.492 e. The number of benzene rings is 1. The van der Waals surface area contributed by atoms with Crippen molar-refractivity contribution in [2.24, 2.45) is 5.92 Å². The van der Waals surface area contributed by atoms with Crippen LogP contribution in [0.1, 0.15) is 25.8 Å². The van der Waals surface area contributed by atoms with Crippen LogP contribution in [0.3, 0.4) is 0 Å². The highest BCUT2D eigenvalue weighted by molar-refractivity contribution is 7.80. The fourth-order valence-corrected chi connectivity index (χ4v) is 1.58. The second-order valence-electron chi connectivity index (χ2n) is 3.90. The van der Waals surface area contributed by atoms with Gasteiger partial charge in [0.25, 0.3) is 0 Å². The summed E-state index contributed by atoms with van der Waals surface area (Å²) in [6, 6.07) is 8.29. The maximum atomic E-state index is 5.66. The van der Waals surface area contributed by atoms with Gasteiger partial charge in [0, 0.05) is 5.75 Å². The van der Waals surface area contributed by atoms with Gasteiger partial charge in [-0.2, -0.15) is 12.6 Å². The average molecular weight is 224 g/mol. The highest BCUT2D eigenvalue weighted by Gasteiger charge is 2.06. The molecule has 1 rings (SSSR count). The molecule has 0 fully saturated rings. The summed E-state index contributed by atoms with van der Waals surface area (Å²) in [4.78, 5) is 0. The molecule has 0 N–H and O–H groups in total. The van der Waals surface area contributed by atoms with Crippen molar-refractivity contribution in [2.45, 2.75) is 26.7 Å². The van der Waals surface area contributed by atoms with E-state index in [0.717, 1.165) is 17.9 Å². The Morgan fingerprint density at radius 3 is 2.73 bits per heavy atom. The van der Waals surface area contributed by atoms with Crippen molar-refractivity contribution in [3.05, 3.63) is 29.8 Å². The van der Waals surface area contributed by atoms with Crippen molar-refractivity contribution in [2.75, 3.05) is 12.4 Å². The van der Waals surface area contributed by atoms with Crippen LogP contribution >= 0.6 is 12.6 Å². The second-order valence-corrected chi connectivity index (χ2v) is 4.34. The molecular weight excluding hydrogens is 204 g/mol. The molecule has 0 amide bonds. The summed E-state index contributed by atoms with van der Waals surface area (Å²) in [5, 5.41) is 0. The van der Waals surface area contributed by atoms with Gasteiger partial charge >= 0.3 is 0 Å². The fraction of sp³-hybridized carbons (Fsp3) is 0.538. The molecular formula is C13H20OS. The number of para-hydroxylation sites is 1. The van der Waals surface area contributed by atoms with Crippen LogP contribution in [0.15, 0.2) is 24.3 Å². The molecule has 0 spiro atoms. The highest BCUT2D eigenvalue weighted by Crippen LogP contribution is 2.22. The van der Waals surface area contributed by atoms with Gasteiger partial charge in [-0.25, -0.2) is 0 Å². The molecule has 84 valence electrons. The Morgan fingerprint density at radius 1 is 1.33 bits per heavy atom. The molecule has 0 saturated heterocycles. The van der Waals surface area contributed by atoms with Gasteiger partial charge in [0.1, 0.15) is 5.75 Å². The van der Waals surface area contributed by atoms with Crippen LogP contribution in [0.4, 0.5) is 0 Å². The molecule has 0 heterocycles. The van der Waals surface area contributed by atoms with Gasteiger partial charge in [0.2, 0.25) is 0 Å². The van der Waals surface area contributed by atoms with Gasteiger partial charge < -0.3 is 4.74 Å². The Hall–Kier alpha value is -0.630. The van der Waals surface area contributed by atoms with E-state index in [0.29, 0.717) is 12.5 Å². The van der Waals surface area contributed by atoms with E-state index in [4.69, 9.17) is 4.74 Å². The van der Waals surface area contributed by atoms with Crippen molar-refractivity contribution in [3.8, 4) is 5.75 Å². The minimum absolute atomic E-state index is 0.681. The van der Waals surface area contributed by atoms with E-state index >= 15 is 0 Å². The Morgan fingerprint density at radius 2 is 2.07 bits per heavy atom. The molecule has 1 unspecified atom stereocenters. The number of thiol groups is 1. The van der Waals surface area contributed by atoms with Gasteiger partial charge in [0.05, 0.1) is 6.61 Å². The monoisotopic (exact) mass is 224 g/mol. The van der Waals surface area contributed by atoms with E-state index < -0.39 is 0 Å². The number of ether oxygens (including phenoxy) is 1. The van der Waals surface area contributed by atoms with Crippen LogP contribution in [-0.2, 0) is 6.42 Å². The molecule has 0 radical (unpaired) electrons. The molecule has 0 bridgehead atoms. The summed E-state index contributed by atoms with van der Waals surface area (Å²) in [6.07, 6.45) is 2.31. The van der Waals surface area contributed by atoms with Crippen molar-refractivity contribution >= 4 is 12.6 Å². The first kappa shape index (κ1) is 12.4. The molecule has 1 atom stereocenters. The van der Waals surface area contributed by atoms with Crippen molar-refractivity contribution in [3.63, 3.8) is 0 Å². The first-order valence-corrected chi connectivity index (χ1v) is 6.22. The quantitative estimate of drug-likeness (QED) is 0.727. The van der Waals surface area contributed by atoms with Crippen LogP contribution in [0, 0.1) is 5.92 Å². The van der Waals surface area contributed by atoms with Crippen LogP contribution in [0.25, 0.3) is 0 Å². The third-order valence-electron chi connectivity index (χ3n) is 2.59. The Kier molecular flexibility index (Phi) is 5.62. The number of hydrogen-bond donors (Lipinski definition) is 1. The van der Waals surface area contributed by atoms with Crippen LogP contribution in [0.2, 0.25) is 0 Å². The second kappa shape index (κ2) is 6.78. The lowest BCUT2D eigenvalue weighted by atomic mass is 9.98. The number of rotatable bonds is 6. The fourth-order valence-electron chi connectivity index (χ4n) is 1.49. The zero-order valence-corrected chi connectivity index (χ0v) is 10.5. The Balaban J connectivity index is 2.67. The maximum absolute atomic E-state index is 5.66. The van der Waals surface area contributed by atoms with E-state index in [1.807, 2.05) is 12.1 Å². The normalized spacial score (nSPS) is 12.5. The zero-order valence-electron chi connectivity index (χ0n) is 9.57. The van der Waals surface area contributed by atoms with Crippen LogP contribution < -0.4 is 4.74 Å². The summed E-state index contributed by atoms with van der Waals surface area (Å²) in [5.74, 6) is 2.50. The molecule has 15 heavy (non-hydrogen) atoms. The predicted molar refractivity (Wildman–Crippen MR) is 68.9 cm³/mol. The summed E-state index contributed by atoms with van der Waals surface area (Å²) in [7, 11) is 0. The van der Waals surface area contributed by atoms with E-state index in [1.165, 1.54) is 12.0 Å². The first-order valence-electron chi connectivity index (χ1n) is 5.59. The Labute approximate surface area is 98.3 Å². The van der Waals surface area contributed by atoms with E-state index in [1.54, 1.807) is 0 Å². The van der Waals surface area contributed by atoms with Crippen molar-refractivity contribution in [1.29, 1.82) is 0 Å². The van der Waals surface area contributed by atoms with Crippen molar-refractivity contribution in [1.82, 2.24) is 0 Å². The van der Waals surface area contributed by atoms with E-state index in [2.05, 4.69) is 38.6 Å². The average Bonchev–Trinajstić information content (AvgIpc) is 2.28. The molecule has 0 aliphatic rings. The zero-order chi connectivity index (χ0) is 11.1. The molecule has 1 aromatic rings. The van der Waals surface area contributed by atoms with E-state index in [9.17, 15) is 0 Å². The van der Waals surface area contributed by atoms with Gasteiger partial charge in [0.15, 0.2) is 0 Å². The first-order chi connectivity index (χ1) is 7.27. The van der Waals surface area contributed by atoms with E-state index in [-0.39, 0.29) is 0 Å². The summed E-state index contributed by atoms with van der Waals surface area (Å²) in [6.45, 7) is 5.18. The topological polar surface area (TPSA) is 9.23 Å². The lowest BCUT2D eigenvalue weighted by Crippen LogP contribution is -2.04. The molecule has 0 aromatic heterocycles. The summed E-state index contributed by atoms with van der Waals surface area (Å²) >= 11 is 4.15. The van der Waals surface area contributed by atoms with Gasteiger partial charge in [-0.3, -0.25) is 0 Å². The smallest absolute Gasteiger partial charge is 0.122 e. The molecule has 2 heteroatoms. The molecule has 0 saturated carbocycles. The third kappa shape index (κ3) is 4.17. The highest BCUT2D eigenvalue weighted by atomic mass is 32.1. The van der Waals surface area contributed by atoms with Gasteiger partial charge in [-0.05, 0) is 24.0 Å². The van der Waals surface area contributed by atoms with Crippen molar-refractivity contribution < 1.29 is 4.74 Å². The molecule has 0 aliphatic carbocycles. The van der Waals surface area contributed by atoms with Gasteiger partial charge in [-0.1, -0.05) is 38.5 Å². The van der Waals surface area contributed by atoms with Crippen LogP contribution in [-0.4, -0.2) is 12.4 Å². The lowest BCUT2D eigenvalue weighted by Gasteiger charge is -2.13.